The van der Waals surface area contributed by atoms with Crippen molar-refractivity contribution in [2.75, 3.05) is 6.61 Å². The molecule has 1 aliphatic heterocycles. The molecule has 0 saturated carbocycles. The van der Waals surface area contributed by atoms with Crippen molar-refractivity contribution in [1.82, 2.24) is 5.32 Å². The largest absolute Gasteiger partial charge is 0.443 e. The van der Waals surface area contributed by atoms with Crippen LogP contribution in [0.25, 0.3) is 0 Å². The van der Waals surface area contributed by atoms with Crippen LogP contribution < -0.4 is 5.32 Å². The molecule has 1 atom stereocenters. The molecule has 0 aliphatic carbocycles. The maximum atomic E-state index is 13.9. The molecule has 25 heavy (non-hydrogen) atoms. The molecule has 1 aromatic carbocycles. The first kappa shape index (κ1) is 21.2. The zero-order valence-electron chi connectivity index (χ0n) is 11.6. The van der Waals surface area contributed by atoms with Crippen LogP contribution in [-0.2, 0) is 17.1 Å². The minimum absolute atomic E-state index is 0. The Labute approximate surface area is 139 Å². The summed E-state index contributed by atoms with van der Waals surface area (Å²) >= 11 is 0. The van der Waals surface area contributed by atoms with E-state index in [1.807, 2.05) is 0 Å². The van der Waals surface area contributed by atoms with Crippen LogP contribution in [0.3, 0.4) is 0 Å². The summed E-state index contributed by atoms with van der Waals surface area (Å²) in [4.78, 5) is 11.0. The molecule has 0 bridgehead atoms. The van der Waals surface area contributed by atoms with Gasteiger partial charge in [-0.05, 0) is 12.1 Å². The summed E-state index contributed by atoms with van der Waals surface area (Å²) in [6.07, 6.45) is -12.5. The molecule has 3 nitrogen and oxygen atoms in total. The number of alkyl carbamates (subject to hydrolysis) is 1. The highest BCUT2D eigenvalue weighted by molar-refractivity contribution is 5.85. The maximum Gasteiger partial charge on any atom is 0.416 e. The molecule has 0 radical (unpaired) electrons. The van der Waals surface area contributed by atoms with Crippen molar-refractivity contribution in [3.63, 3.8) is 0 Å². The van der Waals surface area contributed by atoms with Gasteiger partial charge < -0.3 is 10.1 Å². The van der Waals surface area contributed by atoms with E-state index in [0.29, 0.717) is 0 Å². The minimum Gasteiger partial charge on any atom is -0.443 e. The van der Waals surface area contributed by atoms with Gasteiger partial charge in [0.15, 0.2) is 6.61 Å². The van der Waals surface area contributed by atoms with Crippen molar-refractivity contribution in [2.24, 2.45) is 0 Å². The Balaban J connectivity index is 0.00000312. The fourth-order valence-corrected chi connectivity index (χ4v) is 2.10. The number of nitrogens with one attached hydrogen (secondary N) is 1. The number of benzene rings is 1. The van der Waals surface area contributed by atoms with Crippen LogP contribution in [0.15, 0.2) is 12.1 Å². The average molecular weight is 404 g/mol. The quantitative estimate of drug-likeness (QED) is 0.690. The van der Waals surface area contributed by atoms with E-state index in [1.165, 1.54) is 5.32 Å². The van der Waals surface area contributed by atoms with Gasteiger partial charge in [0.05, 0.1) is 11.1 Å². The highest BCUT2D eigenvalue weighted by Crippen LogP contribution is 2.44. The molecule has 1 heterocycles. The second-order valence-corrected chi connectivity index (χ2v) is 4.83. The highest BCUT2D eigenvalue weighted by Gasteiger charge is 2.52. The van der Waals surface area contributed by atoms with Gasteiger partial charge in [0.25, 0.3) is 0 Å². The number of ether oxygens (including phenoxy) is 1. The normalized spacial score (nSPS) is 20.4. The third-order valence-electron chi connectivity index (χ3n) is 3.13. The molecule has 0 spiro atoms. The van der Waals surface area contributed by atoms with Crippen LogP contribution in [-0.4, -0.2) is 18.6 Å². The number of hydrogen-bond acceptors (Lipinski definition) is 2. The predicted octanol–water partition coefficient (Wildman–Crippen LogP) is 4.70. The van der Waals surface area contributed by atoms with Gasteiger partial charge >= 0.3 is 24.4 Å². The summed E-state index contributed by atoms with van der Waals surface area (Å²) in [5, 5.41) is 1.30. The first-order valence-corrected chi connectivity index (χ1v) is 6.02. The van der Waals surface area contributed by atoms with E-state index in [0.717, 1.165) is 0 Å². The first-order chi connectivity index (χ1) is 10.7. The van der Waals surface area contributed by atoms with E-state index in [4.69, 9.17) is 0 Å². The number of carbonyl (C=O) groups is 1. The van der Waals surface area contributed by atoms with E-state index in [2.05, 4.69) is 4.74 Å². The van der Waals surface area contributed by atoms with Gasteiger partial charge in [0.2, 0.25) is 0 Å². The number of cyclic esters (lactones) is 1. The third-order valence-corrected chi connectivity index (χ3v) is 3.13. The Bertz CT molecular complexity index is 672. The minimum atomic E-state index is -5.57. The lowest BCUT2D eigenvalue weighted by Gasteiger charge is -2.33. The molecule has 1 fully saturated rings. The SMILES string of the molecule is Cl.O=C1N[C@@H](c2c(F)cc(C(F)(F)F)cc2C(F)(F)F)C(F)(F)CO1. The second kappa shape index (κ2) is 6.46. The zero-order chi connectivity index (χ0) is 18.5. The molecule has 0 unspecified atom stereocenters. The number of rotatable bonds is 1. The lowest BCUT2D eigenvalue weighted by molar-refractivity contribution is -0.146. The summed E-state index contributed by atoms with van der Waals surface area (Å²) in [7, 11) is 0. The predicted molar refractivity (Wildman–Crippen MR) is 65.8 cm³/mol. The Hall–Kier alpha value is -1.85. The first-order valence-electron chi connectivity index (χ1n) is 6.02. The molecular formula is C12H7ClF9NO2. The van der Waals surface area contributed by atoms with E-state index in [1.54, 1.807) is 0 Å². The zero-order valence-corrected chi connectivity index (χ0v) is 12.4. The van der Waals surface area contributed by atoms with Crippen LogP contribution in [0.1, 0.15) is 22.7 Å². The van der Waals surface area contributed by atoms with Gasteiger partial charge in [-0.2, -0.15) is 26.3 Å². The maximum absolute atomic E-state index is 13.9. The summed E-state index contributed by atoms with van der Waals surface area (Å²) in [5.41, 5.74) is -6.06. The molecule has 1 amide bonds. The molecule has 142 valence electrons. The van der Waals surface area contributed by atoms with Crippen LogP contribution in [0, 0.1) is 5.82 Å². The van der Waals surface area contributed by atoms with Crippen molar-refractivity contribution < 1.29 is 49.0 Å². The van der Waals surface area contributed by atoms with Crippen LogP contribution >= 0.6 is 12.4 Å². The topological polar surface area (TPSA) is 38.3 Å². The summed E-state index contributed by atoms with van der Waals surface area (Å²) < 4.78 is 122. The lowest BCUT2D eigenvalue weighted by Crippen LogP contribution is -2.50. The van der Waals surface area contributed by atoms with Crippen molar-refractivity contribution >= 4 is 18.5 Å². The number of carbonyl (C=O) groups excluding carboxylic acids is 1. The summed E-state index contributed by atoms with van der Waals surface area (Å²) in [5.74, 6) is -6.35. The van der Waals surface area contributed by atoms with E-state index >= 15 is 0 Å². The highest BCUT2D eigenvalue weighted by atomic mass is 35.5. The average Bonchev–Trinajstić information content (AvgIpc) is 2.39. The molecule has 1 aromatic rings. The Morgan fingerprint density at radius 3 is 2.12 bits per heavy atom. The number of halogens is 10. The fourth-order valence-electron chi connectivity index (χ4n) is 2.10. The summed E-state index contributed by atoms with van der Waals surface area (Å²) in [6, 6.07) is -3.67. The van der Waals surface area contributed by atoms with Crippen molar-refractivity contribution in [2.45, 2.75) is 24.3 Å². The fraction of sp³-hybridized carbons (Fsp3) is 0.417. The molecule has 1 N–H and O–H groups in total. The van der Waals surface area contributed by atoms with Gasteiger partial charge in [0.1, 0.15) is 11.9 Å². The number of alkyl halides is 8. The van der Waals surface area contributed by atoms with Crippen LogP contribution in [0.2, 0.25) is 0 Å². The number of hydrogen-bond donors (Lipinski definition) is 1. The smallest absolute Gasteiger partial charge is 0.416 e. The third kappa shape index (κ3) is 4.22. The van der Waals surface area contributed by atoms with Gasteiger partial charge in [-0.3, -0.25) is 0 Å². The van der Waals surface area contributed by atoms with Crippen molar-refractivity contribution in [3.8, 4) is 0 Å². The molecule has 1 saturated heterocycles. The molecule has 13 heteroatoms. The van der Waals surface area contributed by atoms with Gasteiger partial charge in [-0.25, -0.2) is 18.0 Å². The molecular weight excluding hydrogens is 397 g/mol. The standard InChI is InChI=1S/C12H6F9NO2.ClH/c13-6-2-4(11(16,17)18)1-5(12(19,20)21)7(6)8-10(14,15)3-24-9(23)22-8;/h1-2,8H,3H2,(H,22,23);1H/t8-;/m0./s1. The van der Waals surface area contributed by atoms with E-state index in [9.17, 15) is 44.3 Å². The van der Waals surface area contributed by atoms with Crippen molar-refractivity contribution in [1.29, 1.82) is 0 Å². The Kier molecular flexibility index (Phi) is 5.48. The van der Waals surface area contributed by atoms with Crippen LogP contribution in [0.5, 0.6) is 0 Å². The van der Waals surface area contributed by atoms with Crippen molar-refractivity contribution in [3.05, 3.63) is 34.6 Å². The summed E-state index contributed by atoms with van der Waals surface area (Å²) in [6.45, 7) is -1.65. The van der Waals surface area contributed by atoms with Gasteiger partial charge in [-0.15, -0.1) is 12.4 Å². The van der Waals surface area contributed by atoms with E-state index in [-0.39, 0.29) is 18.5 Å². The van der Waals surface area contributed by atoms with Gasteiger partial charge in [0, 0.05) is 5.56 Å². The Morgan fingerprint density at radius 1 is 1.08 bits per heavy atom. The van der Waals surface area contributed by atoms with E-state index < -0.39 is 65.6 Å². The molecule has 1 aliphatic rings. The van der Waals surface area contributed by atoms with Crippen LogP contribution in [0.4, 0.5) is 44.3 Å². The Morgan fingerprint density at radius 2 is 1.64 bits per heavy atom. The van der Waals surface area contributed by atoms with Gasteiger partial charge in [-0.1, -0.05) is 0 Å². The molecule has 2 rings (SSSR count). The molecule has 0 aromatic heterocycles. The monoisotopic (exact) mass is 403 g/mol. The number of amides is 1. The lowest BCUT2D eigenvalue weighted by atomic mass is 9.92. The second-order valence-electron chi connectivity index (χ2n) is 4.83.